The first-order valence-corrected chi connectivity index (χ1v) is 9.76. The lowest BCUT2D eigenvalue weighted by molar-refractivity contribution is 0.131. The molecule has 1 heterocycles. The van der Waals surface area contributed by atoms with Gasteiger partial charge in [0.1, 0.15) is 5.54 Å². The van der Waals surface area contributed by atoms with Gasteiger partial charge >= 0.3 is 0 Å². The first-order valence-electron chi connectivity index (χ1n) is 9.76. The van der Waals surface area contributed by atoms with Crippen LogP contribution in [0.15, 0.2) is 104 Å². The fourth-order valence-electron chi connectivity index (χ4n) is 3.95. The molecule has 4 heteroatoms. The minimum atomic E-state index is -0.804. The summed E-state index contributed by atoms with van der Waals surface area (Å²) in [6.45, 7) is -0.0881. The van der Waals surface area contributed by atoms with Crippen LogP contribution in [0, 0.1) is 0 Å². The number of hydrogen-bond acceptors (Lipinski definition) is 3. The average Bonchev–Trinajstić information content (AvgIpc) is 3.27. The van der Waals surface area contributed by atoms with E-state index in [2.05, 4.69) is 45.9 Å². The van der Waals surface area contributed by atoms with Crippen LogP contribution in [-0.4, -0.2) is 26.4 Å². The van der Waals surface area contributed by atoms with Crippen molar-refractivity contribution in [3.05, 3.63) is 126 Å². The first-order chi connectivity index (χ1) is 14.3. The Kier molecular flexibility index (Phi) is 5.56. The minimum absolute atomic E-state index is 0.0881. The van der Waals surface area contributed by atoms with Gasteiger partial charge in [-0.25, -0.2) is 4.98 Å². The summed E-state index contributed by atoms with van der Waals surface area (Å²) in [6.07, 6.45) is 3.10. The molecule has 0 fully saturated rings. The third-order valence-electron chi connectivity index (χ3n) is 5.31. The fourth-order valence-corrected chi connectivity index (χ4v) is 3.95. The van der Waals surface area contributed by atoms with Gasteiger partial charge in [-0.15, -0.1) is 0 Å². The van der Waals surface area contributed by atoms with E-state index >= 15 is 0 Å². The van der Waals surface area contributed by atoms with Crippen molar-refractivity contribution in [1.29, 1.82) is 0 Å². The molecular formula is C25H24N2O2. The van der Waals surface area contributed by atoms with Crippen molar-refractivity contribution in [3.8, 4) is 0 Å². The molecule has 146 valence electrons. The molecule has 4 nitrogen and oxygen atoms in total. The van der Waals surface area contributed by atoms with Gasteiger partial charge in [0, 0.05) is 19.2 Å². The van der Waals surface area contributed by atoms with Crippen LogP contribution >= 0.6 is 0 Å². The predicted octanol–water partition coefficient (Wildman–Crippen LogP) is 4.14. The summed E-state index contributed by atoms with van der Waals surface area (Å²) in [7, 11) is 0. The molecule has 0 aliphatic heterocycles. The number of aromatic nitrogens is 2. The molecule has 0 aliphatic rings. The molecule has 0 radical (unpaired) electrons. The van der Waals surface area contributed by atoms with E-state index in [4.69, 9.17) is 0 Å². The summed E-state index contributed by atoms with van der Waals surface area (Å²) >= 11 is 0. The molecule has 1 atom stereocenters. The zero-order valence-electron chi connectivity index (χ0n) is 16.1. The molecular weight excluding hydrogens is 360 g/mol. The second-order valence-electron chi connectivity index (χ2n) is 7.04. The van der Waals surface area contributed by atoms with E-state index in [1.54, 1.807) is 6.33 Å². The van der Waals surface area contributed by atoms with E-state index in [0.717, 1.165) is 16.7 Å². The van der Waals surface area contributed by atoms with E-state index in [0.29, 0.717) is 5.69 Å². The highest BCUT2D eigenvalue weighted by Gasteiger charge is 2.38. The third-order valence-corrected chi connectivity index (χ3v) is 5.31. The van der Waals surface area contributed by atoms with E-state index < -0.39 is 11.6 Å². The Bertz CT molecular complexity index is 933. The van der Waals surface area contributed by atoms with Crippen molar-refractivity contribution in [2.75, 3.05) is 6.61 Å². The number of aliphatic hydroxyl groups excluding tert-OH is 2. The molecule has 0 saturated heterocycles. The van der Waals surface area contributed by atoms with Gasteiger partial charge in [0.2, 0.25) is 0 Å². The molecule has 0 aliphatic carbocycles. The van der Waals surface area contributed by atoms with Crippen molar-refractivity contribution >= 4 is 0 Å². The van der Waals surface area contributed by atoms with Crippen LogP contribution in [0.4, 0.5) is 0 Å². The Morgan fingerprint density at radius 2 is 1.21 bits per heavy atom. The van der Waals surface area contributed by atoms with E-state index in [-0.39, 0.29) is 13.0 Å². The van der Waals surface area contributed by atoms with Gasteiger partial charge in [-0.2, -0.15) is 0 Å². The Morgan fingerprint density at radius 1 is 0.759 bits per heavy atom. The average molecular weight is 384 g/mol. The summed E-state index contributed by atoms with van der Waals surface area (Å²) in [5.74, 6) is 0. The maximum absolute atomic E-state index is 10.4. The van der Waals surface area contributed by atoms with Crippen molar-refractivity contribution in [2.24, 2.45) is 0 Å². The molecule has 3 aromatic carbocycles. The van der Waals surface area contributed by atoms with Crippen molar-refractivity contribution < 1.29 is 10.2 Å². The van der Waals surface area contributed by atoms with Gasteiger partial charge in [0.15, 0.2) is 0 Å². The highest BCUT2D eigenvalue weighted by atomic mass is 16.3. The highest BCUT2D eigenvalue weighted by molar-refractivity contribution is 5.50. The lowest BCUT2D eigenvalue weighted by Crippen LogP contribution is -2.37. The molecule has 1 unspecified atom stereocenters. The van der Waals surface area contributed by atoms with E-state index in [1.165, 1.54) is 0 Å². The largest absolute Gasteiger partial charge is 0.396 e. The molecule has 1 aromatic heterocycles. The van der Waals surface area contributed by atoms with Crippen molar-refractivity contribution in [3.63, 3.8) is 0 Å². The van der Waals surface area contributed by atoms with Crippen LogP contribution in [0.1, 0.15) is 34.9 Å². The standard InChI is InChI=1S/C25H24N2O2/c28-17-16-24(29)23-18-27(19-26-23)25(20-10-4-1-5-11-20,21-12-6-2-7-13-21)22-14-8-3-9-15-22/h1-15,18-19,24,28-29H,16-17H2. The van der Waals surface area contributed by atoms with Crippen LogP contribution in [-0.2, 0) is 5.54 Å². The Hall–Kier alpha value is -3.21. The zero-order chi connectivity index (χ0) is 20.1. The molecule has 0 saturated carbocycles. The molecule has 0 amide bonds. The smallest absolute Gasteiger partial charge is 0.121 e. The van der Waals surface area contributed by atoms with Gasteiger partial charge in [-0.05, 0) is 16.7 Å². The molecule has 2 N–H and O–H groups in total. The second-order valence-corrected chi connectivity index (χ2v) is 7.04. The van der Waals surface area contributed by atoms with Crippen LogP contribution in [0.25, 0.3) is 0 Å². The van der Waals surface area contributed by atoms with Gasteiger partial charge in [0.25, 0.3) is 0 Å². The molecule has 29 heavy (non-hydrogen) atoms. The van der Waals surface area contributed by atoms with Gasteiger partial charge in [0.05, 0.1) is 18.1 Å². The van der Waals surface area contributed by atoms with Crippen LogP contribution in [0.2, 0.25) is 0 Å². The van der Waals surface area contributed by atoms with Crippen molar-refractivity contribution in [2.45, 2.75) is 18.1 Å². The van der Waals surface area contributed by atoms with Crippen LogP contribution < -0.4 is 0 Å². The van der Waals surface area contributed by atoms with E-state index in [9.17, 15) is 10.2 Å². The summed E-state index contributed by atoms with van der Waals surface area (Å²) < 4.78 is 2.06. The van der Waals surface area contributed by atoms with Crippen molar-refractivity contribution in [1.82, 2.24) is 9.55 Å². The van der Waals surface area contributed by atoms with Gasteiger partial charge in [-0.3, -0.25) is 0 Å². The summed E-state index contributed by atoms with van der Waals surface area (Å²) in [5.41, 5.74) is 3.19. The SMILES string of the molecule is OCCC(O)c1cn(C(c2ccccc2)(c2ccccc2)c2ccccc2)cn1. The van der Waals surface area contributed by atoms with Gasteiger partial charge in [-0.1, -0.05) is 91.0 Å². The molecule has 4 rings (SSSR count). The number of nitrogens with zero attached hydrogens (tertiary/aromatic N) is 2. The lowest BCUT2D eigenvalue weighted by atomic mass is 9.77. The van der Waals surface area contributed by atoms with Crippen LogP contribution in [0.5, 0.6) is 0 Å². The summed E-state index contributed by atoms with van der Waals surface area (Å²) in [6, 6.07) is 30.9. The number of aliphatic hydroxyl groups is 2. The number of rotatable bonds is 7. The maximum atomic E-state index is 10.4. The topological polar surface area (TPSA) is 58.3 Å². The van der Waals surface area contributed by atoms with E-state index in [1.807, 2.05) is 60.8 Å². The maximum Gasteiger partial charge on any atom is 0.121 e. The predicted molar refractivity (Wildman–Crippen MR) is 113 cm³/mol. The lowest BCUT2D eigenvalue weighted by Gasteiger charge is -2.37. The van der Waals surface area contributed by atoms with Crippen LogP contribution in [0.3, 0.4) is 0 Å². The highest BCUT2D eigenvalue weighted by Crippen LogP contribution is 2.41. The normalized spacial score (nSPS) is 12.6. The second kappa shape index (κ2) is 8.43. The fraction of sp³-hybridized carbons (Fsp3) is 0.160. The number of imidazole rings is 1. The zero-order valence-corrected chi connectivity index (χ0v) is 16.1. The Balaban J connectivity index is 2.01. The Labute approximate surface area is 170 Å². The third kappa shape index (κ3) is 3.48. The molecule has 4 aromatic rings. The monoisotopic (exact) mass is 384 g/mol. The van der Waals surface area contributed by atoms with Gasteiger partial charge < -0.3 is 14.8 Å². The molecule has 0 bridgehead atoms. The minimum Gasteiger partial charge on any atom is -0.396 e. The molecule has 0 spiro atoms. The first kappa shape index (κ1) is 19.1. The summed E-state index contributed by atoms with van der Waals surface area (Å²) in [5, 5.41) is 19.6. The summed E-state index contributed by atoms with van der Waals surface area (Å²) in [4.78, 5) is 4.48. The quantitative estimate of drug-likeness (QED) is 0.471. The number of hydrogen-bond donors (Lipinski definition) is 2. The number of benzene rings is 3. The Morgan fingerprint density at radius 3 is 1.62 bits per heavy atom.